The van der Waals surface area contributed by atoms with E-state index in [4.69, 9.17) is 0 Å². The van der Waals surface area contributed by atoms with Gasteiger partial charge in [0.2, 0.25) is 0 Å². The Morgan fingerprint density at radius 1 is 1.15 bits per heavy atom. The van der Waals surface area contributed by atoms with Gasteiger partial charge in [-0.3, -0.25) is 10.1 Å². The molecule has 0 saturated carbocycles. The average Bonchev–Trinajstić information content (AvgIpc) is 2.41. The Hall–Kier alpha value is -2.43. The number of aryl methyl sites for hydroxylation is 2. The number of rotatable bonds is 4. The van der Waals surface area contributed by atoms with E-state index >= 15 is 0 Å². The smallest absolute Gasteiger partial charge is 0.292 e. The van der Waals surface area contributed by atoms with Gasteiger partial charge in [-0.05, 0) is 48.7 Å². The van der Waals surface area contributed by atoms with Crippen LogP contribution in [0.5, 0.6) is 0 Å². The number of benzene rings is 2. The molecule has 0 heterocycles. The number of nitro groups is 1. The molecule has 0 fully saturated rings. The van der Waals surface area contributed by atoms with Crippen LogP contribution in [0, 0.1) is 29.8 Å². The van der Waals surface area contributed by atoms with Gasteiger partial charge in [-0.1, -0.05) is 12.1 Å². The molecule has 1 N–H and O–H groups in total. The van der Waals surface area contributed by atoms with E-state index in [1.165, 1.54) is 12.1 Å². The quantitative estimate of drug-likeness (QED) is 0.678. The molecule has 0 atom stereocenters. The Balaban J connectivity index is 2.22. The fraction of sp³-hybridized carbons (Fsp3) is 0.200. The van der Waals surface area contributed by atoms with E-state index < -0.39 is 4.92 Å². The standard InChI is InChI=1S/C15H15FN2O2/c1-10-7-14(15(18(19)20)8-11(10)2)17-9-12-3-5-13(16)6-4-12/h3-8,17H,9H2,1-2H3. The van der Waals surface area contributed by atoms with Crippen molar-refractivity contribution in [1.29, 1.82) is 0 Å². The van der Waals surface area contributed by atoms with Gasteiger partial charge in [-0.15, -0.1) is 0 Å². The molecule has 0 aromatic heterocycles. The van der Waals surface area contributed by atoms with Gasteiger partial charge in [0.05, 0.1) is 4.92 Å². The number of anilines is 1. The first-order valence-electron chi connectivity index (χ1n) is 6.21. The summed E-state index contributed by atoms with van der Waals surface area (Å²) < 4.78 is 12.8. The van der Waals surface area contributed by atoms with Crippen LogP contribution >= 0.6 is 0 Å². The second kappa shape index (κ2) is 5.69. The summed E-state index contributed by atoms with van der Waals surface area (Å²) >= 11 is 0. The predicted molar refractivity (Wildman–Crippen MR) is 76.3 cm³/mol. The van der Waals surface area contributed by atoms with Gasteiger partial charge in [0.15, 0.2) is 0 Å². The number of nitrogens with zero attached hydrogens (tertiary/aromatic N) is 1. The van der Waals surface area contributed by atoms with Crippen LogP contribution in [0.2, 0.25) is 0 Å². The molecule has 0 saturated heterocycles. The normalized spacial score (nSPS) is 10.3. The van der Waals surface area contributed by atoms with Gasteiger partial charge in [-0.25, -0.2) is 4.39 Å². The van der Waals surface area contributed by atoms with Crippen molar-refractivity contribution in [2.24, 2.45) is 0 Å². The van der Waals surface area contributed by atoms with Crippen molar-refractivity contribution in [2.75, 3.05) is 5.32 Å². The van der Waals surface area contributed by atoms with Gasteiger partial charge in [0.25, 0.3) is 5.69 Å². The molecule has 0 unspecified atom stereocenters. The first-order valence-corrected chi connectivity index (χ1v) is 6.21. The lowest BCUT2D eigenvalue weighted by Gasteiger charge is -2.10. The SMILES string of the molecule is Cc1cc(NCc2ccc(F)cc2)c([N+](=O)[O-])cc1C. The second-order valence-corrected chi connectivity index (χ2v) is 4.69. The highest BCUT2D eigenvalue weighted by Gasteiger charge is 2.15. The van der Waals surface area contributed by atoms with Crippen molar-refractivity contribution in [3.8, 4) is 0 Å². The van der Waals surface area contributed by atoms with Crippen LogP contribution in [0.4, 0.5) is 15.8 Å². The van der Waals surface area contributed by atoms with Gasteiger partial charge in [0, 0.05) is 12.6 Å². The summed E-state index contributed by atoms with van der Waals surface area (Å²) in [4.78, 5) is 10.7. The van der Waals surface area contributed by atoms with E-state index in [9.17, 15) is 14.5 Å². The van der Waals surface area contributed by atoms with Crippen LogP contribution in [-0.2, 0) is 6.54 Å². The molecular weight excluding hydrogens is 259 g/mol. The van der Waals surface area contributed by atoms with Crippen LogP contribution in [-0.4, -0.2) is 4.92 Å². The highest BCUT2D eigenvalue weighted by Crippen LogP contribution is 2.28. The fourth-order valence-electron chi connectivity index (χ4n) is 1.89. The molecule has 20 heavy (non-hydrogen) atoms. The maximum atomic E-state index is 12.8. The minimum absolute atomic E-state index is 0.0511. The Morgan fingerprint density at radius 2 is 1.75 bits per heavy atom. The highest BCUT2D eigenvalue weighted by molar-refractivity contribution is 5.64. The Morgan fingerprint density at radius 3 is 2.35 bits per heavy atom. The molecule has 0 bridgehead atoms. The molecule has 5 heteroatoms. The first kappa shape index (κ1) is 14.0. The third-order valence-electron chi connectivity index (χ3n) is 3.20. The Bertz CT molecular complexity index is 639. The van der Waals surface area contributed by atoms with Crippen molar-refractivity contribution >= 4 is 11.4 Å². The molecule has 0 amide bonds. The molecular formula is C15H15FN2O2. The molecule has 0 radical (unpaired) electrons. The molecule has 0 aliphatic heterocycles. The number of hydrogen-bond donors (Lipinski definition) is 1. The Labute approximate surface area is 116 Å². The molecule has 4 nitrogen and oxygen atoms in total. The fourth-order valence-corrected chi connectivity index (χ4v) is 1.89. The van der Waals surface area contributed by atoms with Gasteiger partial charge >= 0.3 is 0 Å². The van der Waals surface area contributed by atoms with Crippen molar-refractivity contribution < 1.29 is 9.31 Å². The summed E-state index contributed by atoms with van der Waals surface area (Å²) in [6, 6.07) is 9.35. The summed E-state index contributed by atoms with van der Waals surface area (Å²) in [7, 11) is 0. The number of halogens is 1. The van der Waals surface area contributed by atoms with Crippen molar-refractivity contribution in [2.45, 2.75) is 20.4 Å². The summed E-state index contributed by atoms with van der Waals surface area (Å²) in [5.41, 5.74) is 3.25. The van der Waals surface area contributed by atoms with E-state index in [2.05, 4.69) is 5.32 Å². The number of hydrogen-bond acceptors (Lipinski definition) is 3. The van der Waals surface area contributed by atoms with Crippen molar-refractivity contribution in [3.05, 3.63) is 69.0 Å². The van der Waals surface area contributed by atoms with Crippen LogP contribution in [0.25, 0.3) is 0 Å². The van der Waals surface area contributed by atoms with Crippen molar-refractivity contribution in [1.82, 2.24) is 0 Å². The van der Waals surface area contributed by atoms with Crippen LogP contribution in [0.15, 0.2) is 36.4 Å². The van der Waals surface area contributed by atoms with Crippen LogP contribution < -0.4 is 5.32 Å². The molecule has 0 aliphatic carbocycles. The largest absolute Gasteiger partial charge is 0.375 e. The van der Waals surface area contributed by atoms with E-state index in [0.717, 1.165) is 16.7 Å². The van der Waals surface area contributed by atoms with Crippen LogP contribution in [0.1, 0.15) is 16.7 Å². The minimum Gasteiger partial charge on any atom is -0.375 e. The molecule has 0 spiro atoms. The predicted octanol–water partition coefficient (Wildman–Crippen LogP) is 3.96. The topological polar surface area (TPSA) is 55.2 Å². The number of nitro benzene ring substituents is 1. The van der Waals surface area contributed by atoms with Gasteiger partial charge < -0.3 is 5.32 Å². The molecule has 104 valence electrons. The second-order valence-electron chi connectivity index (χ2n) is 4.69. The Kier molecular flexibility index (Phi) is 3.98. The summed E-state index contributed by atoms with van der Waals surface area (Å²) in [6.45, 7) is 4.15. The third kappa shape index (κ3) is 3.12. The lowest BCUT2D eigenvalue weighted by Crippen LogP contribution is -2.03. The first-order chi connectivity index (χ1) is 9.47. The molecule has 2 rings (SSSR count). The van der Waals surface area contributed by atoms with E-state index in [-0.39, 0.29) is 11.5 Å². The van der Waals surface area contributed by atoms with E-state index in [1.807, 2.05) is 13.8 Å². The summed E-state index contributed by atoms with van der Waals surface area (Å²) in [5, 5.41) is 14.1. The molecule has 2 aromatic carbocycles. The lowest BCUT2D eigenvalue weighted by molar-refractivity contribution is -0.384. The van der Waals surface area contributed by atoms with E-state index in [0.29, 0.717) is 12.2 Å². The maximum Gasteiger partial charge on any atom is 0.292 e. The zero-order valence-corrected chi connectivity index (χ0v) is 11.3. The van der Waals surface area contributed by atoms with Gasteiger partial charge in [0.1, 0.15) is 11.5 Å². The summed E-state index contributed by atoms with van der Waals surface area (Å²) in [6.07, 6.45) is 0. The van der Waals surface area contributed by atoms with Crippen LogP contribution in [0.3, 0.4) is 0 Å². The van der Waals surface area contributed by atoms with Gasteiger partial charge in [-0.2, -0.15) is 0 Å². The van der Waals surface area contributed by atoms with Crippen molar-refractivity contribution in [3.63, 3.8) is 0 Å². The van der Waals surface area contributed by atoms with E-state index in [1.54, 1.807) is 24.3 Å². The molecule has 0 aliphatic rings. The maximum absolute atomic E-state index is 12.8. The average molecular weight is 274 g/mol. The minimum atomic E-state index is -0.403. The zero-order chi connectivity index (χ0) is 14.7. The zero-order valence-electron chi connectivity index (χ0n) is 11.3. The third-order valence-corrected chi connectivity index (χ3v) is 3.20. The lowest BCUT2D eigenvalue weighted by atomic mass is 10.1. The summed E-state index contributed by atoms with van der Waals surface area (Å²) in [5.74, 6) is -0.300. The number of nitrogens with one attached hydrogen (secondary N) is 1. The molecule has 2 aromatic rings. The monoisotopic (exact) mass is 274 g/mol. The highest BCUT2D eigenvalue weighted by atomic mass is 19.1.